The Morgan fingerprint density at radius 3 is 2.71 bits per heavy atom. The molecule has 2 aromatic heterocycles. The SMILES string of the molecule is O=C(Nc1cc(=O)[nH]c2nc3ccccc3n12)c1ccccc1Cl. The van der Waals surface area contributed by atoms with Crippen LogP contribution in [0.4, 0.5) is 5.82 Å². The van der Waals surface area contributed by atoms with Crippen LogP contribution in [-0.2, 0) is 0 Å². The number of nitrogens with zero attached hydrogens (tertiary/aromatic N) is 2. The van der Waals surface area contributed by atoms with Crippen LogP contribution in [0.3, 0.4) is 0 Å². The van der Waals surface area contributed by atoms with E-state index in [-0.39, 0.29) is 5.56 Å². The summed E-state index contributed by atoms with van der Waals surface area (Å²) in [6.45, 7) is 0. The van der Waals surface area contributed by atoms with E-state index in [0.717, 1.165) is 5.52 Å². The summed E-state index contributed by atoms with van der Waals surface area (Å²) in [4.78, 5) is 31.4. The van der Waals surface area contributed by atoms with Gasteiger partial charge in [0.2, 0.25) is 5.78 Å². The van der Waals surface area contributed by atoms with Gasteiger partial charge in [0.25, 0.3) is 11.5 Å². The van der Waals surface area contributed by atoms with Gasteiger partial charge in [-0.2, -0.15) is 0 Å². The number of hydrogen-bond donors (Lipinski definition) is 2. The minimum absolute atomic E-state index is 0.326. The summed E-state index contributed by atoms with van der Waals surface area (Å²) in [7, 11) is 0. The first-order chi connectivity index (χ1) is 11.6. The van der Waals surface area contributed by atoms with Crippen molar-refractivity contribution in [1.82, 2.24) is 14.4 Å². The molecule has 2 N–H and O–H groups in total. The second kappa shape index (κ2) is 5.50. The molecule has 2 heterocycles. The lowest BCUT2D eigenvalue weighted by Crippen LogP contribution is -2.18. The molecule has 118 valence electrons. The molecule has 0 spiro atoms. The van der Waals surface area contributed by atoms with Crippen LogP contribution in [0.2, 0.25) is 5.02 Å². The number of amides is 1. The molecule has 0 saturated heterocycles. The van der Waals surface area contributed by atoms with Gasteiger partial charge < -0.3 is 5.32 Å². The standard InChI is InChI=1S/C17H11ClN4O2/c18-11-6-2-1-5-10(11)16(24)20-14-9-15(23)21-17-19-12-7-3-4-8-13(12)22(14)17/h1-9H,(H,20,24)(H,19,21,23). The summed E-state index contributed by atoms with van der Waals surface area (Å²) < 4.78 is 1.69. The van der Waals surface area contributed by atoms with Crippen molar-refractivity contribution in [2.24, 2.45) is 0 Å². The van der Waals surface area contributed by atoms with Crippen LogP contribution in [0.25, 0.3) is 16.8 Å². The maximum atomic E-state index is 12.5. The van der Waals surface area contributed by atoms with Crippen LogP contribution in [-0.4, -0.2) is 20.3 Å². The number of rotatable bonds is 2. The quantitative estimate of drug-likeness (QED) is 0.589. The topological polar surface area (TPSA) is 79.3 Å². The number of nitrogens with one attached hydrogen (secondary N) is 2. The van der Waals surface area contributed by atoms with Gasteiger partial charge in [-0.1, -0.05) is 35.9 Å². The first-order valence-corrected chi connectivity index (χ1v) is 7.58. The Balaban J connectivity index is 1.89. The summed E-state index contributed by atoms with van der Waals surface area (Å²) in [5.74, 6) is 0.288. The Kier molecular flexibility index (Phi) is 3.32. The van der Waals surface area contributed by atoms with E-state index < -0.39 is 5.91 Å². The number of halogens is 1. The Labute approximate surface area is 140 Å². The molecule has 24 heavy (non-hydrogen) atoms. The third-order valence-corrected chi connectivity index (χ3v) is 3.99. The molecule has 1 amide bonds. The van der Waals surface area contributed by atoms with Crippen LogP contribution >= 0.6 is 11.6 Å². The van der Waals surface area contributed by atoms with E-state index in [1.165, 1.54) is 6.07 Å². The number of H-pyrrole nitrogens is 1. The van der Waals surface area contributed by atoms with E-state index >= 15 is 0 Å². The molecule has 0 atom stereocenters. The van der Waals surface area contributed by atoms with Crippen LogP contribution in [0.1, 0.15) is 10.4 Å². The average molecular weight is 339 g/mol. The fourth-order valence-electron chi connectivity index (χ4n) is 2.61. The minimum Gasteiger partial charge on any atom is -0.307 e. The molecule has 0 fully saturated rings. The fourth-order valence-corrected chi connectivity index (χ4v) is 2.83. The Hall–Kier alpha value is -3.12. The zero-order chi connectivity index (χ0) is 16.7. The molecule has 0 bridgehead atoms. The van der Waals surface area contributed by atoms with Gasteiger partial charge in [-0.05, 0) is 24.3 Å². The zero-order valence-electron chi connectivity index (χ0n) is 12.3. The molecule has 6 nitrogen and oxygen atoms in total. The number of benzene rings is 2. The molecular weight excluding hydrogens is 328 g/mol. The van der Waals surface area contributed by atoms with E-state index in [9.17, 15) is 9.59 Å². The lowest BCUT2D eigenvalue weighted by molar-refractivity contribution is 0.102. The highest BCUT2D eigenvalue weighted by molar-refractivity contribution is 6.34. The molecular formula is C17H11ClN4O2. The molecule has 0 saturated carbocycles. The molecule has 0 radical (unpaired) electrons. The highest BCUT2D eigenvalue weighted by Crippen LogP contribution is 2.20. The van der Waals surface area contributed by atoms with Crippen LogP contribution < -0.4 is 10.9 Å². The first kappa shape index (κ1) is 14.5. The molecule has 2 aromatic carbocycles. The highest BCUT2D eigenvalue weighted by Gasteiger charge is 2.14. The predicted molar refractivity (Wildman–Crippen MR) is 92.7 cm³/mol. The second-order valence-corrected chi connectivity index (χ2v) is 5.62. The van der Waals surface area contributed by atoms with Crippen molar-refractivity contribution in [2.75, 3.05) is 5.32 Å². The number of aromatic amines is 1. The second-order valence-electron chi connectivity index (χ2n) is 5.21. The Morgan fingerprint density at radius 1 is 1.12 bits per heavy atom. The minimum atomic E-state index is -0.398. The largest absolute Gasteiger partial charge is 0.307 e. The van der Waals surface area contributed by atoms with E-state index in [0.29, 0.717) is 27.7 Å². The number of para-hydroxylation sites is 2. The molecule has 0 aliphatic heterocycles. The van der Waals surface area contributed by atoms with Crippen molar-refractivity contribution in [2.45, 2.75) is 0 Å². The molecule has 0 aliphatic rings. The average Bonchev–Trinajstić information content (AvgIpc) is 2.93. The monoisotopic (exact) mass is 338 g/mol. The normalized spacial score (nSPS) is 11.0. The summed E-state index contributed by atoms with van der Waals surface area (Å²) in [6.07, 6.45) is 0. The maximum absolute atomic E-state index is 12.5. The number of fused-ring (bicyclic) bond motifs is 3. The Morgan fingerprint density at radius 2 is 1.88 bits per heavy atom. The molecule has 0 unspecified atom stereocenters. The highest BCUT2D eigenvalue weighted by atomic mass is 35.5. The Bertz CT molecular complexity index is 1150. The van der Waals surface area contributed by atoms with Crippen molar-refractivity contribution in [3.05, 3.63) is 75.5 Å². The number of imidazole rings is 1. The third-order valence-electron chi connectivity index (χ3n) is 3.66. The van der Waals surface area contributed by atoms with Gasteiger partial charge in [-0.25, -0.2) is 4.98 Å². The fraction of sp³-hybridized carbons (Fsp3) is 0. The smallest absolute Gasteiger partial charge is 0.258 e. The van der Waals surface area contributed by atoms with Gasteiger partial charge in [0, 0.05) is 6.07 Å². The summed E-state index contributed by atoms with van der Waals surface area (Å²) in [6, 6.07) is 15.4. The van der Waals surface area contributed by atoms with Gasteiger partial charge in [0.15, 0.2) is 0 Å². The molecule has 7 heteroatoms. The lowest BCUT2D eigenvalue weighted by Gasteiger charge is -2.09. The molecule has 0 aliphatic carbocycles. The molecule has 4 rings (SSSR count). The maximum Gasteiger partial charge on any atom is 0.258 e. The zero-order valence-corrected chi connectivity index (χ0v) is 13.0. The number of hydrogen-bond acceptors (Lipinski definition) is 3. The van der Waals surface area contributed by atoms with Crippen molar-refractivity contribution in [1.29, 1.82) is 0 Å². The van der Waals surface area contributed by atoms with Crippen LogP contribution in [0.15, 0.2) is 59.4 Å². The summed E-state index contributed by atoms with van der Waals surface area (Å²) in [5.41, 5.74) is 1.47. The van der Waals surface area contributed by atoms with Gasteiger partial charge in [0.1, 0.15) is 5.82 Å². The van der Waals surface area contributed by atoms with Gasteiger partial charge in [-0.15, -0.1) is 0 Å². The number of carbonyl (C=O) groups is 1. The van der Waals surface area contributed by atoms with E-state index in [2.05, 4.69) is 15.3 Å². The van der Waals surface area contributed by atoms with Crippen molar-refractivity contribution in [3.8, 4) is 0 Å². The third kappa shape index (κ3) is 2.33. The van der Waals surface area contributed by atoms with Crippen molar-refractivity contribution in [3.63, 3.8) is 0 Å². The van der Waals surface area contributed by atoms with Gasteiger partial charge >= 0.3 is 0 Å². The van der Waals surface area contributed by atoms with Gasteiger partial charge in [0.05, 0.1) is 21.6 Å². The van der Waals surface area contributed by atoms with E-state index in [1.54, 1.807) is 28.7 Å². The van der Waals surface area contributed by atoms with Crippen molar-refractivity contribution >= 4 is 40.1 Å². The molecule has 4 aromatic rings. The number of carbonyl (C=O) groups excluding carboxylic acids is 1. The van der Waals surface area contributed by atoms with Crippen LogP contribution in [0, 0.1) is 0 Å². The van der Waals surface area contributed by atoms with Gasteiger partial charge in [-0.3, -0.25) is 19.0 Å². The van der Waals surface area contributed by atoms with Crippen molar-refractivity contribution < 1.29 is 4.79 Å². The number of anilines is 1. The summed E-state index contributed by atoms with van der Waals surface area (Å²) in [5, 5.41) is 3.08. The van der Waals surface area contributed by atoms with E-state index in [4.69, 9.17) is 11.6 Å². The van der Waals surface area contributed by atoms with Crippen LogP contribution in [0.5, 0.6) is 0 Å². The van der Waals surface area contributed by atoms with E-state index in [1.807, 2.05) is 24.3 Å². The number of aromatic nitrogens is 3. The summed E-state index contributed by atoms with van der Waals surface area (Å²) >= 11 is 6.06. The lowest BCUT2D eigenvalue weighted by atomic mass is 10.2. The first-order valence-electron chi connectivity index (χ1n) is 7.20. The predicted octanol–water partition coefficient (Wildman–Crippen LogP) is 3.08.